The zero-order chi connectivity index (χ0) is 10.1. The molecule has 0 saturated heterocycles. The van der Waals surface area contributed by atoms with Crippen LogP contribution in [-0.2, 0) is 4.57 Å². The monoisotopic (exact) mass is 206 g/mol. The topological polar surface area (TPSA) is 66.8 Å². The molecule has 6 heteroatoms. The maximum absolute atomic E-state index is 12.8. The Bertz CT molecular complexity index is 360. The molecule has 0 aliphatic carbocycles. The molecule has 0 aliphatic heterocycles. The molecule has 1 rings (SSSR count). The van der Waals surface area contributed by atoms with Gasteiger partial charge in [-0.2, -0.15) is 0 Å². The summed E-state index contributed by atoms with van der Waals surface area (Å²) in [5.74, 6) is -0.748. The van der Waals surface area contributed by atoms with E-state index in [1.165, 1.54) is 19.1 Å². The largest absolute Gasteiger partial charge is 0.524 e. The number of hydrogen-bond donors (Lipinski definition) is 2. The quantitative estimate of drug-likeness (QED) is 0.721. The van der Waals surface area contributed by atoms with E-state index in [0.29, 0.717) is 5.56 Å². The first-order valence-corrected chi connectivity index (χ1v) is 4.93. The Morgan fingerprint density at radius 2 is 2.08 bits per heavy atom. The van der Waals surface area contributed by atoms with Gasteiger partial charge in [-0.25, -0.2) is 8.96 Å². The minimum atomic E-state index is -4.59. The van der Waals surface area contributed by atoms with Crippen molar-refractivity contribution in [2.45, 2.75) is 6.92 Å². The first-order chi connectivity index (χ1) is 5.88. The molecule has 2 N–H and O–H groups in total. The molecular weight excluding hydrogens is 198 g/mol. The van der Waals surface area contributed by atoms with E-state index >= 15 is 0 Å². The minimum Gasteiger partial charge on any atom is -0.404 e. The van der Waals surface area contributed by atoms with Crippen LogP contribution in [0.4, 0.5) is 4.39 Å². The second-order valence-electron chi connectivity index (χ2n) is 2.49. The molecule has 0 spiro atoms. The van der Waals surface area contributed by atoms with Crippen molar-refractivity contribution in [3.63, 3.8) is 0 Å². The van der Waals surface area contributed by atoms with Crippen LogP contribution in [0.3, 0.4) is 0 Å². The van der Waals surface area contributed by atoms with E-state index in [0.717, 1.165) is 6.07 Å². The highest BCUT2D eigenvalue weighted by atomic mass is 31.2. The van der Waals surface area contributed by atoms with Crippen LogP contribution in [0.25, 0.3) is 0 Å². The van der Waals surface area contributed by atoms with E-state index in [1.54, 1.807) is 0 Å². The van der Waals surface area contributed by atoms with Crippen LogP contribution in [-0.4, -0.2) is 9.79 Å². The number of halogens is 1. The SMILES string of the molecule is Cc1ccc(OP(=O)(O)O)cc1F. The third kappa shape index (κ3) is 3.14. The summed E-state index contributed by atoms with van der Waals surface area (Å²) in [6.45, 7) is 1.54. The van der Waals surface area contributed by atoms with Gasteiger partial charge in [-0.3, -0.25) is 9.79 Å². The summed E-state index contributed by atoms with van der Waals surface area (Å²) in [4.78, 5) is 16.8. The Kier molecular flexibility index (Phi) is 2.71. The molecule has 0 heterocycles. The molecule has 0 fully saturated rings. The van der Waals surface area contributed by atoms with Crippen molar-refractivity contribution in [1.82, 2.24) is 0 Å². The number of phosphoric acid groups is 1. The maximum Gasteiger partial charge on any atom is 0.524 e. The number of hydrogen-bond acceptors (Lipinski definition) is 2. The van der Waals surface area contributed by atoms with E-state index in [1.807, 2.05) is 0 Å². The Hall–Kier alpha value is -0.900. The predicted molar refractivity (Wildman–Crippen MR) is 43.8 cm³/mol. The van der Waals surface area contributed by atoms with Crippen molar-refractivity contribution in [3.05, 3.63) is 29.6 Å². The van der Waals surface area contributed by atoms with Crippen LogP contribution in [0.15, 0.2) is 18.2 Å². The van der Waals surface area contributed by atoms with Gasteiger partial charge >= 0.3 is 7.82 Å². The van der Waals surface area contributed by atoms with Crippen molar-refractivity contribution in [2.75, 3.05) is 0 Å². The average molecular weight is 206 g/mol. The summed E-state index contributed by atoms with van der Waals surface area (Å²) >= 11 is 0. The average Bonchev–Trinajstić information content (AvgIpc) is 1.94. The van der Waals surface area contributed by atoms with Crippen molar-refractivity contribution < 1.29 is 23.3 Å². The molecule has 0 atom stereocenters. The second kappa shape index (κ2) is 3.46. The number of benzene rings is 1. The van der Waals surface area contributed by atoms with Gasteiger partial charge in [0, 0.05) is 6.07 Å². The third-order valence-corrected chi connectivity index (χ3v) is 1.82. The van der Waals surface area contributed by atoms with Crippen LogP contribution < -0.4 is 4.52 Å². The highest BCUT2D eigenvalue weighted by Crippen LogP contribution is 2.37. The van der Waals surface area contributed by atoms with Crippen LogP contribution in [0.2, 0.25) is 0 Å². The minimum absolute atomic E-state index is 0.184. The lowest BCUT2D eigenvalue weighted by molar-refractivity contribution is 0.283. The van der Waals surface area contributed by atoms with Gasteiger partial charge in [0.05, 0.1) is 0 Å². The number of phosphoric ester groups is 1. The zero-order valence-corrected chi connectivity index (χ0v) is 7.66. The van der Waals surface area contributed by atoms with Crippen molar-refractivity contribution in [1.29, 1.82) is 0 Å². The molecule has 1 aromatic carbocycles. The molecule has 0 unspecified atom stereocenters. The molecule has 72 valence electrons. The van der Waals surface area contributed by atoms with Crippen molar-refractivity contribution in [2.24, 2.45) is 0 Å². The van der Waals surface area contributed by atoms with Gasteiger partial charge in [0.2, 0.25) is 0 Å². The Morgan fingerprint density at radius 3 is 2.54 bits per heavy atom. The standard InChI is InChI=1S/C7H8FO4P/c1-5-2-3-6(4-7(5)8)12-13(9,10)11/h2-4H,1H3,(H2,9,10,11). The van der Waals surface area contributed by atoms with Crippen LogP contribution >= 0.6 is 7.82 Å². The van der Waals surface area contributed by atoms with Crippen LogP contribution in [0.5, 0.6) is 5.75 Å². The summed E-state index contributed by atoms with van der Waals surface area (Å²) in [5.41, 5.74) is 0.387. The maximum atomic E-state index is 12.8. The Morgan fingerprint density at radius 1 is 1.46 bits per heavy atom. The van der Waals surface area contributed by atoms with Crippen LogP contribution in [0, 0.1) is 12.7 Å². The van der Waals surface area contributed by atoms with E-state index in [-0.39, 0.29) is 5.75 Å². The summed E-state index contributed by atoms with van der Waals surface area (Å²) in [6, 6.07) is 3.59. The molecular formula is C7H8FO4P. The third-order valence-electron chi connectivity index (χ3n) is 1.37. The van der Waals surface area contributed by atoms with Gasteiger partial charge < -0.3 is 4.52 Å². The molecule has 0 saturated carbocycles. The lowest BCUT2D eigenvalue weighted by Crippen LogP contribution is -1.91. The molecule has 0 amide bonds. The lowest BCUT2D eigenvalue weighted by Gasteiger charge is -2.06. The summed E-state index contributed by atoms with van der Waals surface area (Å²) in [5, 5.41) is 0. The van der Waals surface area contributed by atoms with Crippen molar-refractivity contribution in [3.8, 4) is 5.75 Å². The van der Waals surface area contributed by atoms with Gasteiger partial charge in [0.1, 0.15) is 11.6 Å². The summed E-state index contributed by atoms with van der Waals surface area (Å²) < 4.78 is 27.3. The molecule has 0 aliphatic rings. The molecule has 0 radical (unpaired) electrons. The molecule has 4 nitrogen and oxygen atoms in total. The Labute approximate surface area is 74.2 Å². The predicted octanol–water partition coefficient (Wildman–Crippen LogP) is 1.61. The number of aryl methyl sites for hydroxylation is 1. The molecule has 13 heavy (non-hydrogen) atoms. The van der Waals surface area contributed by atoms with E-state index < -0.39 is 13.6 Å². The smallest absolute Gasteiger partial charge is 0.404 e. The summed E-state index contributed by atoms with van der Waals surface area (Å²) in [7, 11) is -4.59. The normalized spacial score (nSPS) is 11.4. The lowest BCUT2D eigenvalue weighted by atomic mass is 10.2. The van der Waals surface area contributed by atoms with E-state index in [9.17, 15) is 8.96 Å². The Balaban J connectivity index is 2.92. The molecule has 0 bridgehead atoms. The first kappa shape index (κ1) is 10.2. The first-order valence-electron chi connectivity index (χ1n) is 3.40. The van der Waals surface area contributed by atoms with Gasteiger partial charge in [0.25, 0.3) is 0 Å². The highest BCUT2D eigenvalue weighted by molar-refractivity contribution is 7.46. The zero-order valence-electron chi connectivity index (χ0n) is 6.77. The van der Waals surface area contributed by atoms with Crippen LogP contribution in [0.1, 0.15) is 5.56 Å². The number of rotatable bonds is 2. The second-order valence-corrected chi connectivity index (χ2v) is 3.66. The van der Waals surface area contributed by atoms with Gasteiger partial charge in [-0.15, -0.1) is 0 Å². The van der Waals surface area contributed by atoms with Crippen molar-refractivity contribution >= 4 is 7.82 Å². The van der Waals surface area contributed by atoms with E-state index in [4.69, 9.17) is 9.79 Å². The fourth-order valence-corrected chi connectivity index (χ4v) is 1.16. The van der Waals surface area contributed by atoms with Gasteiger partial charge in [0.15, 0.2) is 0 Å². The molecule has 1 aromatic rings. The van der Waals surface area contributed by atoms with Gasteiger partial charge in [-0.1, -0.05) is 6.07 Å². The summed E-state index contributed by atoms with van der Waals surface area (Å²) in [6.07, 6.45) is 0. The fraction of sp³-hybridized carbons (Fsp3) is 0.143. The fourth-order valence-electron chi connectivity index (χ4n) is 0.768. The van der Waals surface area contributed by atoms with Gasteiger partial charge in [-0.05, 0) is 18.6 Å². The molecule has 0 aromatic heterocycles. The van der Waals surface area contributed by atoms with E-state index in [2.05, 4.69) is 4.52 Å². The highest BCUT2D eigenvalue weighted by Gasteiger charge is 2.16.